The molecule has 0 unspecified atom stereocenters. The van der Waals surface area contributed by atoms with Gasteiger partial charge in [0, 0.05) is 18.5 Å². The van der Waals surface area contributed by atoms with E-state index in [1.165, 1.54) is 29.3 Å². The van der Waals surface area contributed by atoms with Crippen molar-refractivity contribution in [3.63, 3.8) is 0 Å². The summed E-state index contributed by atoms with van der Waals surface area (Å²) in [4.78, 5) is 70.0. The number of amides is 4. The number of pyridine rings is 1. The monoisotopic (exact) mass is 779 g/mol. The van der Waals surface area contributed by atoms with Crippen molar-refractivity contribution in [2.24, 2.45) is 5.92 Å². The largest absolute Gasteiger partial charge is 0.471 e. The van der Waals surface area contributed by atoms with Gasteiger partial charge in [0.15, 0.2) is 11.6 Å². The average Bonchev–Trinajstić information content (AvgIpc) is 4.03. The fourth-order valence-electron chi connectivity index (χ4n) is 7.29. The van der Waals surface area contributed by atoms with Gasteiger partial charge in [-0.15, -0.1) is 0 Å². The zero-order valence-electron chi connectivity index (χ0n) is 30.5. The third kappa shape index (κ3) is 7.62. The van der Waals surface area contributed by atoms with Crippen LogP contribution in [0.15, 0.2) is 48.8 Å². The topological polar surface area (TPSA) is 190 Å². The predicted octanol–water partition coefficient (Wildman–Crippen LogP) is 3.41. The van der Waals surface area contributed by atoms with E-state index >= 15 is 0 Å². The van der Waals surface area contributed by atoms with E-state index in [1.54, 1.807) is 13.0 Å². The number of rotatable bonds is 8. The fraction of sp³-hybridized carbons (Fsp3) is 0.500. The Balaban J connectivity index is 1.21. The Morgan fingerprint density at radius 3 is 2.64 bits per heavy atom. The molecule has 2 aromatic heterocycles. The van der Waals surface area contributed by atoms with Crippen LogP contribution in [-0.2, 0) is 30.8 Å². The number of carbonyl (C=O) groups is 4. The molecule has 17 heteroatoms. The standard InChI is InChI=1S/C38H43F2N7O7S/c1-3-27-34(44-31-25(39)11-9-13-28(31)42-27)54-23-18-30-33(49)45-38(36(51)46-55(52,53)37(2)15-16-37)19-22(38)10-7-5-4-6-8-12-29(35(50)47(30)21-23)43-32(48)24-14-17-41-20-26(24)40/h7,9-11,13-14,17,20,22-23,29-30H,3-6,8,12,15-16,18-19,21H2,1-2H3,(H,43,48)(H,45,49)(H,46,51)/t22-,23-,29+,30+,38-/m1/s1. The number of halogens is 2. The van der Waals surface area contributed by atoms with E-state index in [0.29, 0.717) is 56.2 Å². The highest BCUT2D eigenvalue weighted by Crippen LogP contribution is 2.47. The summed E-state index contributed by atoms with van der Waals surface area (Å²) in [5.41, 5.74) is -1.16. The molecule has 0 bridgehead atoms. The number of allylic oxidation sites excluding steroid dienone is 1. The molecule has 14 nitrogen and oxygen atoms in total. The van der Waals surface area contributed by atoms with Crippen molar-refractivity contribution >= 4 is 44.7 Å². The number of benzene rings is 1. The lowest BCUT2D eigenvalue weighted by Gasteiger charge is -2.30. The number of fused-ring (bicyclic) bond motifs is 3. The molecule has 4 heterocycles. The van der Waals surface area contributed by atoms with E-state index in [2.05, 4.69) is 30.3 Å². The number of aryl methyl sites for hydroxylation is 1. The molecule has 1 saturated heterocycles. The molecule has 1 aromatic carbocycles. The molecule has 55 heavy (non-hydrogen) atoms. The smallest absolute Gasteiger partial charge is 0.259 e. The predicted molar refractivity (Wildman–Crippen MR) is 195 cm³/mol. The summed E-state index contributed by atoms with van der Waals surface area (Å²) in [6, 6.07) is 3.16. The van der Waals surface area contributed by atoms with E-state index < -0.39 is 79.7 Å². The zero-order chi connectivity index (χ0) is 39.1. The van der Waals surface area contributed by atoms with E-state index in [0.717, 1.165) is 6.20 Å². The van der Waals surface area contributed by atoms with Gasteiger partial charge in [-0.05, 0) is 70.1 Å². The maximum atomic E-state index is 14.8. The summed E-state index contributed by atoms with van der Waals surface area (Å²) < 4.78 is 63.1. The van der Waals surface area contributed by atoms with Gasteiger partial charge in [0.2, 0.25) is 27.7 Å². The molecular formula is C38H43F2N7O7S. The summed E-state index contributed by atoms with van der Waals surface area (Å²) in [5.74, 6) is -5.01. The number of para-hydroxylation sites is 1. The normalized spacial score (nSPS) is 26.5. The summed E-state index contributed by atoms with van der Waals surface area (Å²) in [7, 11) is -4.04. The van der Waals surface area contributed by atoms with Crippen molar-refractivity contribution in [2.45, 2.75) is 107 Å². The number of nitrogens with zero attached hydrogens (tertiary/aromatic N) is 4. The van der Waals surface area contributed by atoms with Gasteiger partial charge in [-0.3, -0.25) is 28.9 Å². The van der Waals surface area contributed by atoms with Crippen molar-refractivity contribution in [1.82, 2.24) is 35.2 Å². The second kappa shape index (κ2) is 14.9. The number of hydrogen-bond donors (Lipinski definition) is 3. The third-order valence-electron chi connectivity index (χ3n) is 11.1. The number of aromatic nitrogens is 3. The highest BCUT2D eigenvalue weighted by molar-refractivity contribution is 7.91. The summed E-state index contributed by atoms with van der Waals surface area (Å²) >= 11 is 0. The van der Waals surface area contributed by atoms with Gasteiger partial charge in [-0.25, -0.2) is 27.2 Å². The molecule has 4 amide bonds. The Morgan fingerprint density at radius 1 is 1.09 bits per heavy atom. The Labute approximate surface area is 317 Å². The lowest BCUT2D eigenvalue weighted by atomic mass is 10.0. The molecule has 7 rings (SSSR count). The van der Waals surface area contributed by atoms with Gasteiger partial charge in [-0.2, -0.15) is 0 Å². The maximum absolute atomic E-state index is 14.8. The molecule has 292 valence electrons. The third-order valence-corrected chi connectivity index (χ3v) is 13.3. The minimum absolute atomic E-state index is 0.0155. The van der Waals surface area contributed by atoms with Crippen LogP contribution in [0.1, 0.15) is 87.7 Å². The molecule has 0 radical (unpaired) electrons. The first-order chi connectivity index (χ1) is 26.2. The lowest BCUT2D eigenvalue weighted by Crippen LogP contribution is -2.58. The van der Waals surface area contributed by atoms with E-state index in [1.807, 2.05) is 19.1 Å². The maximum Gasteiger partial charge on any atom is 0.259 e. The van der Waals surface area contributed by atoms with Crippen molar-refractivity contribution in [3.8, 4) is 5.88 Å². The average molecular weight is 780 g/mol. The van der Waals surface area contributed by atoms with E-state index in [-0.39, 0.29) is 42.8 Å². The van der Waals surface area contributed by atoms with Crippen molar-refractivity contribution in [3.05, 3.63) is 71.7 Å². The number of sulfonamides is 1. The molecule has 3 aromatic rings. The highest BCUT2D eigenvalue weighted by atomic mass is 32.2. The SMILES string of the molecule is CCc1nc2cccc(F)c2nc1O[C@@H]1C[C@H]2C(=O)N[C@]3(C(=O)NS(=O)(=O)C4(C)CC4)C[C@H]3C=CCCCCC[C@H](NC(=O)c3ccncc3F)C(=O)N2C1. The zero-order valence-corrected chi connectivity index (χ0v) is 31.3. The van der Waals surface area contributed by atoms with Gasteiger partial charge < -0.3 is 20.3 Å². The lowest BCUT2D eigenvalue weighted by molar-refractivity contribution is -0.141. The van der Waals surface area contributed by atoms with Crippen LogP contribution in [0.25, 0.3) is 11.0 Å². The highest BCUT2D eigenvalue weighted by Gasteiger charge is 2.63. The second-order valence-electron chi connectivity index (χ2n) is 15.0. The van der Waals surface area contributed by atoms with Gasteiger partial charge in [0.25, 0.3) is 11.8 Å². The molecule has 5 atom stereocenters. The van der Waals surface area contributed by atoms with Crippen LogP contribution in [0, 0.1) is 17.6 Å². The first kappa shape index (κ1) is 38.2. The molecule has 2 aliphatic carbocycles. The molecule has 3 fully saturated rings. The van der Waals surface area contributed by atoms with Gasteiger partial charge in [0.1, 0.15) is 34.9 Å². The molecule has 2 aliphatic heterocycles. The summed E-state index contributed by atoms with van der Waals surface area (Å²) in [6.07, 6.45) is 8.91. The summed E-state index contributed by atoms with van der Waals surface area (Å²) in [6.45, 7) is 3.21. The number of hydrogen-bond acceptors (Lipinski definition) is 10. The van der Waals surface area contributed by atoms with E-state index in [4.69, 9.17) is 4.74 Å². The van der Waals surface area contributed by atoms with Crippen LogP contribution >= 0.6 is 0 Å². The fourth-order valence-corrected chi connectivity index (χ4v) is 8.60. The van der Waals surface area contributed by atoms with Crippen molar-refractivity contribution < 1.29 is 41.1 Å². The minimum atomic E-state index is -4.04. The first-order valence-corrected chi connectivity index (χ1v) is 20.1. The van der Waals surface area contributed by atoms with Crippen molar-refractivity contribution in [2.75, 3.05) is 6.54 Å². The Bertz CT molecular complexity index is 2180. The molecular weight excluding hydrogens is 737 g/mol. The number of ether oxygens (including phenoxy) is 1. The molecule has 4 aliphatic rings. The van der Waals surface area contributed by atoms with Gasteiger partial charge >= 0.3 is 0 Å². The van der Waals surface area contributed by atoms with Crippen LogP contribution in [0.3, 0.4) is 0 Å². The first-order valence-electron chi connectivity index (χ1n) is 18.6. The van der Waals surface area contributed by atoms with Crippen molar-refractivity contribution in [1.29, 1.82) is 0 Å². The second-order valence-corrected chi connectivity index (χ2v) is 17.2. The van der Waals surface area contributed by atoms with Crippen LogP contribution < -0.4 is 20.1 Å². The molecule has 0 spiro atoms. The van der Waals surface area contributed by atoms with Gasteiger partial charge in [0.05, 0.1) is 28.6 Å². The Morgan fingerprint density at radius 2 is 1.89 bits per heavy atom. The van der Waals surface area contributed by atoms with Crippen LogP contribution in [-0.4, -0.2) is 86.9 Å². The number of carbonyl (C=O) groups excluding carboxylic acids is 4. The van der Waals surface area contributed by atoms with Crippen LogP contribution in [0.4, 0.5) is 8.78 Å². The van der Waals surface area contributed by atoms with E-state index in [9.17, 15) is 36.4 Å². The Hall–Kier alpha value is -5.06. The summed E-state index contributed by atoms with van der Waals surface area (Å²) in [5, 5.41) is 5.48. The quantitative estimate of drug-likeness (QED) is 0.286. The molecule has 2 saturated carbocycles. The number of nitrogens with one attached hydrogen (secondary N) is 3. The van der Waals surface area contributed by atoms with Crippen LogP contribution in [0.5, 0.6) is 5.88 Å². The minimum Gasteiger partial charge on any atom is -0.471 e. The Kier molecular flexibility index (Phi) is 10.3. The van der Waals surface area contributed by atoms with Crippen LogP contribution in [0.2, 0.25) is 0 Å². The molecule has 3 N–H and O–H groups in total. The van der Waals surface area contributed by atoms with Gasteiger partial charge in [-0.1, -0.05) is 38.0 Å².